The predicted molar refractivity (Wildman–Crippen MR) is 101 cm³/mol. The van der Waals surface area contributed by atoms with Gasteiger partial charge < -0.3 is 0 Å². The Morgan fingerprint density at radius 3 is 1.83 bits per heavy atom. The quantitative estimate of drug-likeness (QED) is 0.576. The van der Waals surface area contributed by atoms with Gasteiger partial charge in [-0.2, -0.15) is 0 Å². The highest BCUT2D eigenvalue weighted by Gasteiger charge is 2.16. The van der Waals surface area contributed by atoms with Crippen LogP contribution >= 0.6 is 8.25 Å². The Balaban J connectivity index is 0.000000240. The van der Waals surface area contributed by atoms with Crippen LogP contribution in [0.2, 0.25) is 0 Å². The third-order valence-corrected chi connectivity index (χ3v) is 4.21. The van der Waals surface area contributed by atoms with Crippen LogP contribution in [0.4, 0.5) is 0 Å². The van der Waals surface area contributed by atoms with E-state index in [1.165, 1.54) is 24.0 Å². The fourth-order valence-corrected chi connectivity index (χ4v) is 2.67. The molecule has 0 bridgehead atoms. The molecule has 2 rings (SSSR count). The molecule has 0 fully saturated rings. The number of hydrogen-bond donors (Lipinski definition) is 1. The molecule has 0 spiro atoms. The molecule has 0 aromatic heterocycles. The van der Waals surface area contributed by atoms with Crippen molar-refractivity contribution in [2.75, 3.05) is 6.61 Å². The van der Waals surface area contributed by atoms with E-state index >= 15 is 0 Å². The fraction of sp³-hybridized carbons (Fsp3) is 0.400. The molecule has 4 heteroatoms. The van der Waals surface area contributed by atoms with E-state index in [1.54, 1.807) is 0 Å². The summed E-state index contributed by atoms with van der Waals surface area (Å²) in [5.41, 5.74) is 2.55. The van der Waals surface area contributed by atoms with Gasteiger partial charge in [0, 0.05) is 4.57 Å². The Hall–Kier alpha value is -1.54. The molecule has 2 aromatic carbocycles. The van der Waals surface area contributed by atoms with E-state index in [0.717, 1.165) is 12.8 Å². The maximum atomic E-state index is 10.2. The monoisotopic (exact) mass is 347 g/mol. The molecular formula is C20H28O3P+. The van der Waals surface area contributed by atoms with Gasteiger partial charge in [0.15, 0.2) is 0 Å². The number of rotatable bonds is 8. The molecule has 24 heavy (non-hydrogen) atoms. The van der Waals surface area contributed by atoms with Crippen LogP contribution in [0.1, 0.15) is 39.5 Å². The number of hydrogen-bond acceptors (Lipinski definition) is 2. The Labute approximate surface area is 146 Å². The van der Waals surface area contributed by atoms with Gasteiger partial charge in [0.2, 0.25) is 0 Å². The zero-order chi connectivity index (χ0) is 17.6. The first-order valence-electron chi connectivity index (χ1n) is 8.56. The zero-order valence-corrected chi connectivity index (χ0v) is 15.5. The Morgan fingerprint density at radius 1 is 0.958 bits per heavy atom. The highest BCUT2D eigenvalue weighted by atomic mass is 31.1. The zero-order valence-electron chi connectivity index (χ0n) is 14.6. The van der Waals surface area contributed by atoms with E-state index in [-0.39, 0.29) is 0 Å². The van der Waals surface area contributed by atoms with Crippen LogP contribution in [0, 0.1) is 5.92 Å². The average Bonchev–Trinajstić information content (AvgIpc) is 2.64. The van der Waals surface area contributed by atoms with Crippen LogP contribution in [0.25, 0.3) is 11.1 Å². The van der Waals surface area contributed by atoms with Gasteiger partial charge in [-0.3, -0.25) is 0 Å². The van der Waals surface area contributed by atoms with Crippen molar-refractivity contribution in [3.8, 4) is 11.1 Å². The maximum Gasteiger partial charge on any atom is 0.694 e. The minimum atomic E-state index is -2.40. The molecule has 0 amide bonds. The number of unbranched alkanes of at least 4 members (excludes halogenated alkanes) is 1. The van der Waals surface area contributed by atoms with Crippen molar-refractivity contribution in [1.82, 2.24) is 0 Å². The van der Waals surface area contributed by atoms with Gasteiger partial charge in [0.25, 0.3) is 0 Å². The Bertz CT molecular complexity index is 520. The van der Waals surface area contributed by atoms with Gasteiger partial charge in [0.05, 0.1) is 0 Å². The molecule has 2 unspecified atom stereocenters. The van der Waals surface area contributed by atoms with Crippen molar-refractivity contribution in [3.63, 3.8) is 0 Å². The summed E-state index contributed by atoms with van der Waals surface area (Å²) in [4.78, 5) is 8.41. The molecule has 1 N–H and O–H groups in total. The summed E-state index contributed by atoms with van der Waals surface area (Å²) in [5.74, 6) is 0.441. The van der Waals surface area contributed by atoms with Gasteiger partial charge in [0.1, 0.15) is 6.61 Å². The summed E-state index contributed by atoms with van der Waals surface area (Å²) in [5, 5.41) is 0. The van der Waals surface area contributed by atoms with E-state index in [9.17, 15) is 4.57 Å². The molecule has 2 aromatic rings. The Morgan fingerprint density at radius 2 is 1.46 bits per heavy atom. The maximum absolute atomic E-state index is 10.2. The first-order chi connectivity index (χ1) is 11.7. The lowest BCUT2D eigenvalue weighted by molar-refractivity contribution is 0.218. The third kappa shape index (κ3) is 8.93. The summed E-state index contributed by atoms with van der Waals surface area (Å²) in [7, 11) is -2.40. The van der Waals surface area contributed by atoms with Crippen molar-refractivity contribution in [2.24, 2.45) is 5.92 Å². The van der Waals surface area contributed by atoms with Gasteiger partial charge in [-0.1, -0.05) is 93.8 Å². The largest absolute Gasteiger partial charge is 0.694 e. The summed E-state index contributed by atoms with van der Waals surface area (Å²) in [6.45, 7) is 4.64. The van der Waals surface area contributed by atoms with Crippen molar-refractivity contribution in [1.29, 1.82) is 0 Å². The van der Waals surface area contributed by atoms with Crippen molar-refractivity contribution in [3.05, 3.63) is 60.7 Å². The van der Waals surface area contributed by atoms with Gasteiger partial charge in [-0.05, 0) is 23.5 Å². The second-order valence-corrected chi connectivity index (χ2v) is 6.42. The lowest BCUT2D eigenvalue weighted by atomic mass is 10.0. The lowest BCUT2D eigenvalue weighted by Gasteiger charge is -2.08. The van der Waals surface area contributed by atoms with Crippen LogP contribution in [0.3, 0.4) is 0 Å². The minimum absolute atomic E-state index is 0.419. The fourth-order valence-electron chi connectivity index (χ4n) is 2.33. The van der Waals surface area contributed by atoms with Gasteiger partial charge in [-0.25, -0.2) is 0 Å². The molecule has 0 aliphatic carbocycles. The van der Waals surface area contributed by atoms with Gasteiger partial charge >= 0.3 is 8.25 Å². The average molecular weight is 347 g/mol. The Kier molecular flexibility index (Phi) is 11.0. The van der Waals surface area contributed by atoms with Crippen LogP contribution in [-0.2, 0) is 9.09 Å². The molecule has 0 heterocycles. The third-order valence-electron chi connectivity index (χ3n) is 3.84. The van der Waals surface area contributed by atoms with E-state index in [0.29, 0.717) is 12.5 Å². The smallest absolute Gasteiger partial charge is 0.133 e. The van der Waals surface area contributed by atoms with Crippen molar-refractivity contribution in [2.45, 2.75) is 39.5 Å². The van der Waals surface area contributed by atoms with E-state index < -0.39 is 8.25 Å². The molecule has 0 aliphatic rings. The summed E-state index contributed by atoms with van der Waals surface area (Å²) in [6, 6.07) is 20.8. The topological polar surface area (TPSA) is 46.5 Å². The summed E-state index contributed by atoms with van der Waals surface area (Å²) >= 11 is 0. The standard InChI is InChI=1S/C12H10.C8H17O3P/c1-3-7-11(8-4-1)12-9-5-2-6-10-12;1-3-5-6-8(4-2)7-11-12(9)10/h1-10H;8H,3-7H2,1-2H3/p+1. The SMILES string of the molecule is CCCCC(CC)CO[P+](=O)O.c1ccc(-c2ccccc2)cc1. The molecule has 3 nitrogen and oxygen atoms in total. The lowest BCUT2D eigenvalue weighted by Crippen LogP contribution is -2.05. The normalized spacial score (nSPS) is 12.0. The highest BCUT2D eigenvalue weighted by Crippen LogP contribution is 2.20. The predicted octanol–water partition coefficient (Wildman–Crippen LogP) is 6.22. The van der Waals surface area contributed by atoms with Crippen LogP contribution in [0.15, 0.2) is 60.7 Å². The van der Waals surface area contributed by atoms with E-state index in [1.807, 2.05) is 12.1 Å². The minimum Gasteiger partial charge on any atom is -0.133 e. The second-order valence-electron chi connectivity index (χ2n) is 5.68. The molecule has 0 saturated carbocycles. The van der Waals surface area contributed by atoms with Crippen molar-refractivity contribution >= 4 is 8.25 Å². The van der Waals surface area contributed by atoms with E-state index in [2.05, 4.69) is 66.9 Å². The van der Waals surface area contributed by atoms with Gasteiger partial charge in [-0.15, -0.1) is 9.42 Å². The van der Waals surface area contributed by atoms with Crippen LogP contribution in [-0.4, -0.2) is 11.5 Å². The van der Waals surface area contributed by atoms with E-state index in [4.69, 9.17) is 4.89 Å². The molecule has 0 radical (unpaired) electrons. The highest BCUT2D eigenvalue weighted by molar-refractivity contribution is 7.32. The molecule has 0 saturated heterocycles. The van der Waals surface area contributed by atoms with Crippen molar-refractivity contribution < 1.29 is 14.0 Å². The first-order valence-corrected chi connectivity index (χ1v) is 9.69. The first kappa shape index (κ1) is 20.5. The molecular weight excluding hydrogens is 319 g/mol. The molecule has 130 valence electrons. The molecule has 0 aliphatic heterocycles. The summed E-state index contributed by atoms with van der Waals surface area (Å²) < 4.78 is 14.9. The molecule has 2 atom stereocenters. The summed E-state index contributed by atoms with van der Waals surface area (Å²) in [6.07, 6.45) is 4.45. The van der Waals surface area contributed by atoms with Crippen LogP contribution < -0.4 is 0 Å². The second kappa shape index (κ2) is 12.8. The number of benzene rings is 2. The van der Waals surface area contributed by atoms with Crippen LogP contribution in [0.5, 0.6) is 0 Å².